The molecule has 0 saturated heterocycles. The van der Waals surface area contributed by atoms with Gasteiger partial charge in [-0.3, -0.25) is 14.4 Å². The van der Waals surface area contributed by atoms with Gasteiger partial charge in [0.05, 0.1) is 11.3 Å². The van der Waals surface area contributed by atoms with E-state index in [0.717, 1.165) is 43.1 Å². The molecule has 0 bridgehead atoms. The molecule has 0 atom stereocenters. The quantitative estimate of drug-likeness (QED) is 0.556. The van der Waals surface area contributed by atoms with Gasteiger partial charge in [-0.25, -0.2) is 4.98 Å². The van der Waals surface area contributed by atoms with Crippen molar-refractivity contribution in [3.05, 3.63) is 51.0 Å². The lowest BCUT2D eigenvalue weighted by Gasteiger charge is -2.13. The summed E-state index contributed by atoms with van der Waals surface area (Å²) in [6.45, 7) is 1.97. The molecule has 130 valence electrons. The van der Waals surface area contributed by atoms with Gasteiger partial charge in [-0.05, 0) is 31.4 Å². The molecule has 0 amide bonds. The fourth-order valence-corrected chi connectivity index (χ4v) is 4.15. The number of carbonyl (C=O) groups is 3. The maximum atomic E-state index is 12.8. The van der Waals surface area contributed by atoms with Gasteiger partial charge in [-0.2, -0.15) is 0 Å². The summed E-state index contributed by atoms with van der Waals surface area (Å²) in [5, 5.41) is 0.642. The lowest BCUT2D eigenvalue weighted by atomic mass is 9.90. The van der Waals surface area contributed by atoms with Crippen LogP contribution in [0, 0.1) is 12.8 Å². The van der Waals surface area contributed by atoms with E-state index >= 15 is 0 Å². The van der Waals surface area contributed by atoms with Crippen molar-refractivity contribution >= 4 is 29.2 Å². The summed E-state index contributed by atoms with van der Waals surface area (Å²) >= 11 is 1.24. The van der Waals surface area contributed by atoms with Crippen molar-refractivity contribution in [3.8, 4) is 0 Å². The molecule has 1 fully saturated rings. The Bertz CT molecular complexity index is 803. The molecule has 1 saturated carbocycles. The summed E-state index contributed by atoms with van der Waals surface area (Å²) in [4.78, 5) is 40.6. The predicted molar refractivity (Wildman–Crippen MR) is 97.4 cm³/mol. The van der Waals surface area contributed by atoms with E-state index in [9.17, 15) is 14.4 Å². The summed E-state index contributed by atoms with van der Waals surface area (Å²) in [6, 6.07) is 5.76. The molecule has 0 spiro atoms. The number of hydrogen-bond donors (Lipinski definition) is 0. The second-order valence-electron chi connectivity index (χ2n) is 6.67. The number of aryl methyl sites for hydroxylation is 1. The van der Waals surface area contributed by atoms with Gasteiger partial charge in [0.25, 0.3) is 0 Å². The Hall–Kier alpha value is -2.14. The van der Waals surface area contributed by atoms with Crippen LogP contribution in [-0.2, 0) is 17.6 Å². The molecule has 0 radical (unpaired) electrons. The molecule has 2 aromatic rings. The van der Waals surface area contributed by atoms with E-state index in [1.807, 2.05) is 25.1 Å². The Morgan fingerprint density at radius 2 is 2.00 bits per heavy atom. The minimum Gasteiger partial charge on any atom is -0.299 e. The van der Waals surface area contributed by atoms with E-state index in [4.69, 9.17) is 0 Å². The molecule has 25 heavy (non-hydrogen) atoms. The monoisotopic (exact) mass is 355 g/mol. The average Bonchev–Trinajstić information content (AvgIpc) is 3.27. The molecule has 1 aliphatic rings. The summed E-state index contributed by atoms with van der Waals surface area (Å²) in [7, 11) is 0. The van der Waals surface area contributed by atoms with Crippen molar-refractivity contribution in [1.29, 1.82) is 0 Å². The molecular weight excluding hydrogens is 334 g/mol. The van der Waals surface area contributed by atoms with Crippen molar-refractivity contribution in [3.63, 3.8) is 0 Å². The van der Waals surface area contributed by atoms with Crippen LogP contribution in [0.3, 0.4) is 0 Å². The number of nitrogens with zero attached hydrogens (tertiary/aromatic N) is 1. The Labute approximate surface area is 151 Å². The maximum Gasteiger partial charge on any atom is 0.166 e. The maximum absolute atomic E-state index is 12.8. The molecule has 0 unspecified atom stereocenters. The van der Waals surface area contributed by atoms with Crippen molar-refractivity contribution in [2.24, 2.45) is 5.92 Å². The molecular formula is C20H21NO3S. The summed E-state index contributed by atoms with van der Waals surface area (Å²) in [6.07, 6.45) is 6.78. The van der Waals surface area contributed by atoms with Crippen LogP contribution < -0.4 is 0 Å². The van der Waals surface area contributed by atoms with E-state index < -0.39 is 0 Å². The van der Waals surface area contributed by atoms with Gasteiger partial charge in [0, 0.05) is 24.1 Å². The fraction of sp³-hybridized carbons (Fsp3) is 0.400. The van der Waals surface area contributed by atoms with Crippen molar-refractivity contribution in [2.45, 2.75) is 45.4 Å². The normalized spacial score (nSPS) is 14.6. The largest absolute Gasteiger partial charge is 0.299 e. The highest BCUT2D eigenvalue weighted by Gasteiger charge is 2.26. The number of hydrogen-bond acceptors (Lipinski definition) is 5. The molecule has 1 aliphatic carbocycles. The average molecular weight is 355 g/mol. The molecule has 0 aliphatic heterocycles. The van der Waals surface area contributed by atoms with E-state index in [1.54, 1.807) is 0 Å². The van der Waals surface area contributed by atoms with E-state index in [1.165, 1.54) is 17.5 Å². The first-order chi connectivity index (χ1) is 12.1. The van der Waals surface area contributed by atoms with Crippen molar-refractivity contribution < 1.29 is 14.4 Å². The van der Waals surface area contributed by atoms with Crippen LogP contribution in [0.15, 0.2) is 24.4 Å². The van der Waals surface area contributed by atoms with Crippen LogP contribution in [0.2, 0.25) is 0 Å². The Balaban J connectivity index is 1.75. The van der Waals surface area contributed by atoms with Crippen LogP contribution >= 0.6 is 11.3 Å². The molecule has 4 nitrogen and oxygen atoms in total. The topological polar surface area (TPSA) is 64.1 Å². The molecule has 5 heteroatoms. The third-order valence-corrected chi connectivity index (χ3v) is 5.60. The zero-order valence-corrected chi connectivity index (χ0v) is 15.1. The van der Waals surface area contributed by atoms with Crippen molar-refractivity contribution in [2.75, 3.05) is 0 Å². The van der Waals surface area contributed by atoms with Crippen LogP contribution in [-0.4, -0.2) is 22.8 Å². The zero-order chi connectivity index (χ0) is 17.8. The number of thiazole rings is 1. The molecule has 1 heterocycles. The number of benzene rings is 1. The SMILES string of the molecule is Cc1ccc(CC(=O)Cc2ncc(C=O)s2)c(C(=O)C2CCCC2)c1. The van der Waals surface area contributed by atoms with Crippen LogP contribution in [0.25, 0.3) is 0 Å². The molecule has 1 aromatic carbocycles. The fourth-order valence-electron chi connectivity index (χ4n) is 3.39. The minimum absolute atomic E-state index is 0.0103. The first-order valence-corrected chi connectivity index (χ1v) is 9.44. The molecule has 3 rings (SSSR count). The third-order valence-electron chi connectivity index (χ3n) is 4.68. The number of carbonyl (C=O) groups excluding carboxylic acids is 3. The standard InChI is InChI=1S/C20H21NO3S/c1-13-6-7-15(18(8-13)20(24)14-4-2-3-5-14)9-16(23)10-19-21-11-17(12-22)25-19/h6-8,11-12,14H,2-5,9-10H2,1H3. The predicted octanol–water partition coefficient (Wildman–Crippen LogP) is 3.99. The number of rotatable bonds is 7. The molecule has 1 aromatic heterocycles. The lowest BCUT2D eigenvalue weighted by Crippen LogP contribution is -2.16. The van der Waals surface area contributed by atoms with Crippen LogP contribution in [0.4, 0.5) is 0 Å². The second kappa shape index (κ2) is 7.83. The van der Waals surface area contributed by atoms with Gasteiger partial charge in [-0.1, -0.05) is 30.5 Å². The summed E-state index contributed by atoms with van der Waals surface area (Å²) < 4.78 is 0. The van der Waals surface area contributed by atoms with Crippen LogP contribution in [0.1, 0.15) is 61.8 Å². The minimum atomic E-state index is 0.0103. The Kier molecular flexibility index (Phi) is 5.53. The first kappa shape index (κ1) is 17.7. The van der Waals surface area contributed by atoms with Crippen molar-refractivity contribution in [1.82, 2.24) is 4.98 Å². The smallest absolute Gasteiger partial charge is 0.166 e. The number of aldehydes is 1. The highest BCUT2D eigenvalue weighted by molar-refractivity contribution is 7.13. The third kappa shape index (κ3) is 4.28. The van der Waals surface area contributed by atoms with Gasteiger partial charge in [0.1, 0.15) is 10.8 Å². The second-order valence-corrected chi connectivity index (χ2v) is 7.82. The molecule has 0 N–H and O–H groups in total. The van der Waals surface area contributed by atoms with E-state index in [2.05, 4.69) is 4.98 Å². The summed E-state index contributed by atoms with van der Waals surface area (Å²) in [5.74, 6) is 0.294. The highest BCUT2D eigenvalue weighted by atomic mass is 32.1. The van der Waals surface area contributed by atoms with E-state index in [0.29, 0.717) is 15.4 Å². The Morgan fingerprint density at radius 1 is 1.24 bits per heavy atom. The number of Topliss-reactive ketones (excluding diaryl/α,β-unsaturated/α-hetero) is 2. The van der Waals surface area contributed by atoms with Gasteiger partial charge < -0.3 is 0 Å². The van der Waals surface area contributed by atoms with Gasteiger partial charge in [-0.15, -0.1) is 11.3 Å². The zero-order valence-electron chi connectivity index (χ0n) is 14.3. The van der Waals surface area contributed by atoms with Crippen LogP contribution in [0.5, 0.6) is 0 Å². The number of ketones is 2. The van der Waals surface area contributed by atoms with E-state index in [-0.39, 0.29) is 30.3 Å². The van der Waals surface area contributed by atoms with Gasteiger partial charge >= 0.3 is 0 Å². The first-order valence-electron chi connectivity index (χ1n) is 8.62. The Morgan fingerprint density at radius 3 is 2.68 bits per heavy atom. The lowest BCUT2D eigenvalue weighted by molar-refractivity contribution is -0.117. The summed E-state index contributed by atoms with van der Waals surface area (Å²) in [5.41, 5.74) is 2.54. The number of aromatic nitrogens is 1. The van der Waals surface area contributed by atoms with Gasteiger partial charge in [0.15, 0.2) is 12.1 Å². The highest BCUT2D eigenvalue weighted by Crippen LogP contribution is 2.29. The van der Waals surface area contributed by atoms with Gasteiger partial charge in [0.2, 0.25) is 0 Å².